The largest absolute Gasteiger partial charge is 0.385 e. The molecule has 1 fully saturated rings. The van der Waals surface area contributed by atoms with E-state index in [0.717, 1.165) is 0 Å². The van der Waals surface area contributed by atoms with E-state index < -0.39 is 0 Å². The van der Waals surface area contributed by atoms with Crippen LogP contribution >= 0.6 is 11.6 Å². The van der Waals surface area contributed by atoms with Gasteiger partial charge in [0.1, 0.15) is 5.70 Å². The highest BCUT2D eigenvalue weighted by Gasteiger charge is 2.41. The van der Waals surface area contributed by atoms with Crippen LogP contribution in [0.15, 0.2) is 48.4 Å². The van der Waals surface area contributed by atoms with Crippen molar-refractivity contribution in [2.24, 2.45) is 0 Å². The summed E-state index contributed by atoms with van der Waals surface area (Å²) < 4.78 is 5.09. The van der Waals surface area contributed by atoms with Gasteiger partial charge in [0.2, 0.25) is 5.95 Å². The Labute approximate surface area is 186 Å². The van der Waals surface area contributed by atoms with Crippen molar-refractivity contribution in [3.8, 4) is 0 Å². The molecule has 162 valence electrons. The lowest BCUT2D eigenvalue weighted by Crippen LogP contribution is -2.48. The molecule has 4 rings (SSSR count). The number of amides is 2. The molecule has 1 saturated heterocycles. The van der Waals surface area contributed by atoms with Crippen LogP contribution in [0.25, 0.3) is 5.57 Å². The van der Waals surface area contributed by atoms with Crippen molar-refractivity contribution in [3.63, 3.8) is 0 Å². The van der Waals surface area contributed by atoms with E-state index in [9.17, 15) is 9.59 Å². The average molecular weight is 442 g/mol. The van der Waals surface area contributed by atoms with Crippen LogP contribution in [0.5, 0.6) is 0 Å². The summed E-state index contributed by atoms with van der Waals surface area (Å²) in [5.41, 5.74) is 1.59. The number of hydrogen-bond donors (Lipinski definition) is 0. The highest BCUT2D eigenvalue weighted by atomic mass is 35.5. The molecule has 8 nitrogen and oxygen atoms in total. The number of aromatic nitrogens is 2. The lowest BCUT2D eigenvalue weighted by Gasteiger charge is -2.36. The first-order valence-electron chi connectivity index (χ1n) is 10.2. The second kappa shape index (κ2) is 9.45. The molecule has 2 aliphatic heterocycles. The molecule has 0 N–H and O–H groups in total. The Kier molecular flexibility index (Phi) is 6.48. The van der Waals surface area contributed by atoms with E-state index in [1.54, 1.807) is 49.8 Å². The minimum Gasteiger partial charge on any atom is -0.385 e. The maximum Gasteiger partial charge on any atom is 0.277 e. The van der Waals surface area contributed by atoms with Crippen molar-refractivity contribution in [1.82, 2.24) is 19.8 Å². The Bertz CT molecular complexity index is 972. The van der Waals surface area contributed by atoms with Crippen molar-refractivity contribution in [3.05, 3.63) is 59.0 Å². The average Bonchev–Trinajstić information content (AvgIpc) is 3.05. The molecule has 0 radical (unpaired) electrons. The predicted octanol–water partition coefficient (Wildman–Crippen LogP) is 2.07. The number of methoxy groups -OCH3 is 1. The quantitative estimate of drug-likeness (QED) is 0.480. The minimum absolute atomic E-state index is 0.254. The summed E-state index contributed by atoms with van der Waals surface area (Å²) in [6.07, 6.45) is 4.02. The second-order valence-electron chi connectivity index (χ2n) is 7.36. The number of rotatable bonds is 7. The van der Waals surface area contributed by atoms with Crippen LogP contribution in [-0.4, -0.2) is 78.0 Å². The van der Waals surface area contributed by atoms with E-state index in [-0.39, 0.29) is 11.8 Å². The SMILES string of the molecule is COCCCN1C(=O)C(c2ccc(Cl)cc2)=C(N2CCN(c3ncccn3)CC2)C1=O. The van der Waals surface area contributed by atoms with Gasteiger partial charge in [-0.1, -0.05) is 23.7 Å². The molecule has 1 aromatic carbocycles. The number of anilines is 1. The summed E-state index contributed by atoms with van der Waals surface area (Å²) in [5, 5.41) is 0.580. The number of benzene rings is 1. The molecule has 1 aromatic heterocycles. The number of nitrogens with zero attached hydrogens (tertiary/aromatic N) is 5. The maximum absolute atomic E-state index is 13.3. The van der Waals surface area contributed by atoms with Crippen molar-refractivity contribution >= 4 is 34.9 Å². The maximum atomic E-state index is 13.3. The molecular formula is C22H24ClN5O3. The smallest absolute Gasteiger partial charge is 0.277 e. The minimum atomic E-state index is -0.271. The first-order valence-corrected chi connectivity index (χ1v) is 10.6. The standard InChI is InChI=1S/C22H24ClN5O3/c1-31-15-3-10-28-20(29)18(16-4-6-17(23)7-5-16)19(21(28)30)26-11-13-27(14-12-26)22-24-8-2-9-25-22/h2,4-9H,3,10-15H2,1H3. The van der Waals surface area contributed by atoms with Crippen molar-refractivity contribution in [1.29, 1.82) is 0 Å². The number of imide groups is 1. The molecule has 0 atom stereocenters. The van der Waals surface area contributed by atoms with Crippen LogP contribution in [0.4, 0.5) is 5.95 Å². The van der Waals surface area contributed by atoms with Crippen LogP contribution in [0.2, 0.25) is 5.02 Å². The molecule has 9 heteroatoms. The van der Waals surface area contributed by atoms with Gasteiger partial charge in [-0.05, 0) is 30.2 Å². The van der Waals surface area contributed by atoms with Gasteiger partial charge < -0.3 is 14.5 Å². The van der Waals surface area contributed by atoms with Gasteiger partial charge in [0.15, 0.2) is 0 Å². The van der Waals surface area contributed by atoms with Gasteiger partial charge in [-0.2, -0.15) is 0 Å². The van der Waals surface area contributed by atoms with Crippen LogP contribution in [-0.2, 0) is 14.3 Å². The number of halogens is 1. The Hall–Kier alpha value is -2.97. The van der Waals surface area contributed by atoms with Crippen LogP contribution in [0, 0.1) is 0 Å². The molecule has 3 heterocycles. The molecule has 0 aliphatic carbocycles. The lowest BCUT2D eigenvalue weighted by molar-refractivity contribution is -0.137. The fraction of sp³-hybridized carbons (Fsp3) is 0.364. The zero-order valence-electron chi connectivity index (χ0n) is 17.3. The summed E-state index contributed by atoms with van der Waals surface area (Å²) in [5.74, 6) is 0.145. The van der Waals surface area contributed by atoms with Gasteiger partial charge in [-0.3, -0.25) is 14.5 Å². The van der Waals surface area contributed by atoms with E-state index in [4.69, 9.17) is 16.3 Å². The van der Waals surface area contributed by atoms with Gasteiger partial charge in [-0.25, -0.2) is 9.97 Å². The monoisotopic (exact) mass is 441 g/mol. The van der Waals surface area contributed by atoms with Gasteiger partial charge in [-0.15, -0.1) is 0 Å². The Morgan fingerprint density at radius 1 is 0.968 bits per heavy atom. The number of carbonyl (C=O) groups excluding carboxylic acids is 2. The molecule has 31 heavy (non-hydrogen) atoms. The zero-order chi connectivity index (χ0) is 21.8. The Balaban J connectivity index is 1.60. The number of ether oxygens (including phenoxy) is 1. The molecule has 2 aliphatic rings. The number of hydrogen-bond acceptors (Lipinski definition) is 7. The zero-order valence-corrected chi connectivity index (χ0v) is 18.1. The van der Waals surface area contributed by atoms with Gasteiger partial charge >= 0.3 is 0 Å². The van der Waals surface area contributed by atoms with Gasteiger partial charge in [0.05, 0.1) is 5.57 Å². The lowest BCUT2D eigenvalue weighted by atomic mass is 10.0. The third-order valence-corrected chi connectivity index (χ3v) is 5.69. The predicted molar refractivity (Wildman–Crippen MR) is 117 cm³/mol. The topological polar surface area (TPSA) is 78.9 Å². The summed E-state index contributed by atoms with van der Waals surface area (Å²) in [6, 6.07) is 8.82. The van der Waals surface area contributed by atoms with E-state index in [1.807, 2.05) is 4.90 Å². The van der Waals surface area contributed by atoms with Crippen molar-refractivity contribution in [2.45, 2.75) is 6.42 Å². The Morgan fingerprint density at radius 3 is 2.26 bits per heavy atom. The van der Waals surface area contributed by atoms with Crippen molar-refractivity contribution in [2.75, 3.05) is 51.3 Å². The van der Waals surface area contributed by atoms with Crippen molar-refractivity contribution < 1.29 is 14.3 Å². The van der Waals surface area contributed by atoms with Gasteiger partial charge in [0.25, 0.3) is 11.8 Å². The highest BCUT2D eigenvalue weighted by molar-refractivity contribution is 6.36. The normalized spacial score (nSPS) is 17.2. The first-order chi connectivity index (χ1) is 15.1. The third-order valence-electron chi connectivity index (χ3n) is 5.44. The number of carbonyl (C=O) groups is 2. The van der Waals surface area contributed by atoms with Crippen LogP contribution in [0.1, 0.15) is 12.0 Å². The summed E-state index contributed by atoms with van der Waals surface area (Å²) >= 11 is 6.04. The van der Waals surface area contributed by atoms with Gasteiger partial charge in [0, 0.05) is 63.9 Å². The summed E-state index contributed by atoms with van der Waals surface area (Å²) in [4.78, 5) is 40.6. The summed E-state index contributed by atoms with van der Waals surface area (Å²) in [7, 11) is 1.60. The van der Waals surface area contributed by atoms with E-state index in [1.165, 1.54) is 4.90 Å². The highest BCUT2D eigenvalue weighted by Crippen LogP contribution is 2.33. The summed E-state index contributed by atoms with van der Waals surface area (Å²) in [6.45, 7) is 3.31. The fourth-order valence-corrected chi connectivity index (χ4v) is 4.01. The molecule has 0 spiro atoms. The molecule has 0 bridgehead atoms. The molecule has 0 unspecified atom stereocenters. The second-order valence-corrected chi connectivity index (χ2v) is 7.80. The van der Waals surface area contributed by atoms with E-state index >= 15 is 0 Å². The Morgan fingerprint density at radius 2 is 1.61 bits per heavy atom. The molecule has 2 aromatic rings. The molecule has 2 amide bonds. The fourth-order valence-electron chi connectivity index (χ4n) is 3.89. The van der Waals surface area contributed by atoms with E-state index in [0.29, 0.717) is 73.6 Å². The van der Waals surface area contributed by atoms with Crippen LogP contribution < -0.4 is 4.90 Å². The molecule has 0 saturated carbocycles. The van der Waals surface area contributed by atoms with E-state index in [2.05, 4.69) is 14.9 Å². The third kappa shape index (κ3) is 4.40. The van der Waals surface area contributed by atoms with Crippen LogP contribution in [0.3, 0.4) is 0 Å². The first kappa shape index (κ1) is 21.3. The molecular weight excluding hydrogens is 418 g/mol. The number of piperazine rings is 1.